The second kappa shape index (κ2) is 7.57. The lowest BCUT2D eigenvalue weighted by atomic mass is 9.69. The zero-order valence-electron chi connectivity index (χ0n) is 19.8. The first-order chi connectivity index (χ1) is 14.8. The molecule has 3 fully saturated rings. The Balaban J connectivity index is 1.65. The van der Waals surface area contributed by atoms with Crippen molar-refractivity contribution in [1.82, 2.24) is 4.31 Å². The number of nitrogens with zero attached hydrogens (tertiary/aromatic N) is 1. The molecular weight excluding hydrogens is 426 g/mol. The molecule has 0 N–H and O–H groups in total. The molecule has 1 saturated heterocycles. The molecule has 0 unspecified atom stereocenters. The van der Waals surface area contributed by atoms with Gasteiger partial charge >= 0.3 is 5.97 Å². The summed E-state index contributed by atoms with van der Waals surface area (Å²) >= 11 is 0. The summed E-state index contributed by atoms with van der Waals surface area (Å²) in [6.07, 6.45) is 2.75. The van der Waals surface area contributed by atoms with Gasteiger partial charge in [0.2, 0.25) is 15.9 Å². The summed E-state index contributed by atoms with van der Waals surface area (Å²) < 4.78 is 33.4. The van der Waals surface area contributed by atoms with Crippen LogP contribution in [0, 0.1) is 22.7 Å². The van der Waals surface area contributed by atoms with Gasteiger partial charge < -0.3 is 4.74 Å². The molecule has 4 atom stereocenters. The summed E-state index contributed by atoms with van der Waals surface area (Å²) in [7, 11) is -3.74. The van der Waals surface area contributed by atoms with Crippen molar-refractivity contribution in [3.8, 4) is 0 Å². The second-order valence-corrected chi connectivity index (χ2v) is 13.3. The maximum atomic E-state index is 13.8. The highest BCUT2D eigenvalue weighted by Gasteiger charge is 2.72. The summed E-state index contributed by atoms with van der Waals surface area (Å²) in [5, 5.41) is 0. The van der Waals surface area contributed by atoms with Crippen molar-refractivity contribution in [2.75, 3.05) is 5.75 Å². The van der Waals surface area contributed by atoms with E-state index in [-0.39, 0.29) is 29.0 Å². The predicted octanol–water partition coefficient (Wildman–Crippen LogP) is 3.94. The Bertz CT molecular complexity index is 1010. The van der Waals surface area contributed by atoms with Crippen molar-refractivity contribution < 1.29 is 22.7 Å². The Labute approximate surface area is 191 Å². The van der Waals surface area contributed by atoms with Crippen LogP contribution < -0.4 is 0 Å². The minimum Gasteiger partial charge on any atom is -0.460 e. The molecule has 7 heteroatoms. The molecule has 176 valence electrons. The van der Waals surface area contributed by atoms with E-state index in [9.17, 15) is 18.0 Å². The molecule has 0 radical (unpaired) electrons. The molecule has 1 aromatic carbocycles. The minimum atomic E-state index is -3.74. The lowest BCUT2D eigenvalue weighted by Crippen LogP contribution is -2.47. The molecule has 4 rings (SSSR count). The van der Waals surface area contributed by atoms with Gasteiger partial charge in [0, 0.05) is 5.41 Å². The Kier molecular flexibility index (Phi) is 5.51. The largest absolute Gasteiger partial charge is 0.460 e. The van der Waals surface area contributed by atoms with Crippen LogP contribution in [0.15, 0.2) is 30.3 Å². The first-order valence-electron chi connectivity index (χ1n) is 11.6. The lowest BCUT2D eigenvalue weighted by Gasteiger charge is -2.37. The fourth-order valence-corrected chi connectivity index (χ4v) is 9.09. The van der Waals surface area contributed by atoms with Crippen LogP contribution in [0.5, 0.6) is 0 Å². The molecule has 2 bridgehead atoms. The molecule has 1 aliphatic heterocycles. The highest BCUT2D eigenvalue weighted by Crippen LogP contribution is 2.70. The zero-order chi connectivity index (χ0) is 23.5. The number of amides is 1. The van der Waals surface area contributed by atoms with Crippen LogP contribution in [0.3, 0.4) is 0 Å². The number of rotatable bonds is 5. The van der Waals surface area contributed by atoms with E-state index in [2.05, 4.69) is 13.8 Å². The van der Waals surface area contributed by atoms with Gasteiger partial charge in [-0.05, 0) is 63.4 Å². The van der Waals surface area contributed by atoms with Gasteiger partial charge in [-0.2, -0.15) is 0 Å². The molecule has 3 aliphatic rings. The molecule has 1 aromatic rings. The maximum Gasteiger partial charge on any atom is 0.307 e. The number of sulfonamides is 1. The van der Waals surface area contributed by atoms with Crippen molar-refractivity contribution in [2.45, 2.75) is 78.4 Å². The number of carbonyl (C=O) groups is 2. The molecule has 2 saturated carbocycles. The van der Waals surface area contributed by atoms with Crippen LogP contribution in [-0.2, 0) is 30.8 Å². The van der Waals surface area contributed by atoms with Gasteiger partial charge in [0.25, 0.3) is 0 Å². The van der Waals surface area contributed by atoms with E-state index in [4.69, 9.17) is 4.74 Å². The van der Waals surface area contributed by atoms with Crippen molar-refractivity contribution in [1.29, 1.82) is 0 Å². The van der Waals surface area contributed by atoms with Crippen molar-refractivity contribution in [3.63, 3.8) is 0 Å². The third kappa shape index (κ3) is 3.76. The lowest BCUT2D eigenvalue weighted by molar-refractivity contribution is -0.158. The first kappa shape index (κ1) is 23.3. The summed E-state index contributed by atoms with van der Waals surface area (Å²) in [5.74, 6) is -1.25. The van der Waals surface area contributed by atoms with E-state index in [1.54, 1.807) is 20.8 Å². The topological polar surface area (TPSA) is 80.8 Å². The predicted molar refractivity (Wildman–Crippen MR) is 122 cm³/mol. The SMILES string of the molecule is CC(C)(C)OC(=O)C[C@H](Cc1ccccc1)C(=O)N1[C@@H]2C[C@H]3CC[C@]2(CS1(=O)=O)C3(C)C. The molecular formula is C25H35NO5S. The van der Waals surface area contributed by atoms with Gasteiger partial charge in [-0.25, -0.2) is 12.7 Å². The van der Waals surface area contributed by atoms with Crippen LogP contribution in [0.1, 0.15) is 65.9 Å². The quantitative estimate of drug-likeness (QED) is 0.621. The third-order valence-corrected chi connectivity index (χ3v) is 10.0. The molecule has 6 nitrogen and oxygen atoms in total. The van der Waals surface area contributed by atoms with Crippen LogP contribution >= 0.6 is 0 Å². The number of fused-ring (bicyclic) bond motifs is 1. The smallest absolute Gasteiger partial charge is 0.307 e. The van der Waals surface area contributed by atoms with Gasteiger partial charge in [0.05, 0.1) is 24.1 Å². The average Bonchev–Trinajstić information content (AvgIpc) is 3.14. The standard InChI is InChI=1S/C25H35NO5S/c1-23(2,3)31-21(27)14-18(13-17-9-7-6-8-10-17)22(28)26-20-15-19-11-12-25(20,24(19,4)5)16-32(26,29)30/h6-10,18-20H,11-16H2,1-5H3/t18-,19+,20+,25+/m0/s1. The van der Waals surface area contributed by atoms with E-state index in [1.807, 2.05) is 30.3 Å². The highest BCUT2D eigenvalue weighted by atomic mass is 32.2. The van der Waals surface area contributed by atoms with Crippen molar-refractivity contribution in [2.24, 2.45) is 22.7 Å². The number of ether oxygens (including phenoxy) is 1. The summed E-state index contributed by atoms with van der Waals surface area (Å²) in [6.45, 7) is 9.67. The van der Waals surface area contributed by atoms with E-state index < -0.39 is 33.4 Å². The molecule has 1 amide bonds. The van der Waals surface area contributed by atoms with Gasteiger partial charge in [-0.3, -0.25) is 9.59 Å². The van der Waals surface area contributed by atoms with E-state index in [0.717, 1.165) is 24.8 Å². The number of carbonyl (C=O) groups excluding carboxylic acids is 2. The fourth-order valence-electron chi connectivity index (χ4n) is 6.49. The van der Waals surface area contributed by atoms with Gasteiger partial charge in [0.1, 0.15) is 5.60 Å². The molecule has 32 heavy (non-hydrogen) atoms. The number of hydrogen-bond donors (Lipinski definition) is 0. The Morgan fingerprint density at radius 3 is 2.44 bits per heavy atom. The molecule has 2 aliphatic carbocycles. The van der Waals surface area contributed by atoms with Gasteiger partial charge in [0.15, 0.2) is 0 Å². The average molecular weight is 462 g/mol. The number of benzene rings is 1. The van der Waals surface area contributed by atoms with Crippen LogP contribution in [0.25, 0.3) is 0 Å². The molecule has 1 spiro atoms. The maximum absolute atomic E-state index is 13.8. The Hall–Kier alpha value is -1.89. The summed E-state index contributed by atoms with van der Waals surface area (Å²) in [6, 6.07) is 9.15. The van der Waals surface area contributed by atoms with Crippen LogP contribution in [0.2, 0.25) is 0 Å². The van der Waals surface area contributed by atoms with Gasteiger partial charge in [-0.1, -0.05) is 44.2 Å². The van der Waals surface area contributed by atoms with Crippen molar-refractivity contribution >= 4 is 21.9 Å². The molecule has 0 aromatic heterocycles. The second-order valence-electron chi connectivity index (χ2n) is 11.4. The molecule has 1 heterocycles. The third-order valence-electron chi connectivity index (χ3n) is 8.14. The first-order valence-corrected chi connectivity index (χ1v) is 13.2. The highest BCUT2D eigenvalue weighted by molar-refractivity contribution is 7.90. The Morgan fingerprint density at radius 2 is 1.84 bits per heavy atom. The monoisotopic (exact) mass is 461 g/mol. The zero-order valence-corrected chi connectivity index (χ0v) is 20.6. The van der Waals surface area contributed by atoms with Crippen LogP contribution in [-0.4, -0.2) is 42.0 Å². The van der Waals surface area contributed by atoms with Crippen LogP contribution in [0.4, 0.5) is 0 Å². The van der Waals surface area contributed by atoms with E-state index in [0.29, 0.717) is 12.3 Å². The minimum absolute atomic E-state index is 0.0321. The van der Waals surface area contributed by atoms with Crippen molar-refractivity contribution in [3.05, 3.63) is 35.9 Å². The van der Waals surface area contributed by atoms with Gasteiger partial charge in [-0.15, -0.1) is 0 Å². The van der Waals surface area contributed by atoms with E-state index in [1.165, 1.54) is 4.31 Å². The summed E-state index contributed by atoms with van der Waals surface area (Å²) in [4.78, 5) is 26.5. The fraction of sp³-hybridized carbons (Fsp3) is 0.680. The number of hydrogen-bond acceptors (Lipinski definition) is 5. The normalized spacial score (nSPS) is 30.7. The Morgan fingerprint density at radius 1 is 1.19 bits per heavy atom. The van der Waals surface area contributed by atoms with E-state index >= 15 is 0 Å². The number of esters is 1. The summed E-state index contributed by atoms with van der Waals surface area (Å²) in [5.41, 5.74) is -0.264.